The molecule has 3 aromatic rings. The van der Waals surface area contributed by atoms with Gasteiger partial charge in [-0.2, -0.15) is 10.4 Å². The number of rotatable bonds is 4. The van der Waals surface area contributed by atoms with Crippen molar-refractivity contribution in [2.24, 2.45) is 0 Å². The van der Waals surface area contributed by atoms with E-state index in [9.17, 15) is 10.1 Å². The van der Waals surface area contributed by atoms with Crippen LogP contribution in [0.2, 0.25) is 10.0 Å². The molecule has 5 nitrogen and oxygen atoms in total. The fourth-order valence-electron chi connectivity index (χ4n) is 2.31. The average molecular weight is 450 g/mol. The first-order valence-corrected chi connectivity index (χ1v) is 8.99. The summed E-state index contributed by atoms with van der Waals surface area (Å²) < 4.78 is 2.52. The number of halogens is 3. The van der Waals surface area contributed by atoms with Gasteiger partial charge in [0.2, 0.25) is 0 Å². The lowest BCUT2D eigenvalue weighted by Gasteiger charge is -2.13. The minimum absolute atomic E-state index is 0.242. The summed E-state index contributed by atoms with van der Waals surface area (Å²) >= 11 is 15.5. The second-order valence-corrected chi connectivity index (χ2v) is 7.03. The summed E-state index contributed by atoms with van der Waals surface area (Å²) in [5, 5.41) is 16.8. The van der Waals surface area contributed by atoms with Crippen LogP contribution in [-0.4, -0.2) is 15.7 Å². The molecule has 1 amide bonds. The summed E-state index contributed by atoms with van der Waals surface area (Å²) in [4.78, 5) is 12.5. The zero-order valence-corrected chi connectivity index (χ0v) is 16.3. The normalized spacial score (nSPS) is 11.6. The third-order valence-corrected chi connectivity index (χ3v) is 5.00. The maximum absolute atomic E-state index is 12.5. The average Bonchev–Trinajstić information content (AvgIpc) is 3.13. The molecule has 0 spiro atoms. The van der Waals surface area contributed by atoms with E-state index in [4.69, 9.17) is 23.2 Å². The largest absolute Gasteiger partial charge is 0.332 e. The van der Waals surface area contributed by atoms with Crippen LogP contribution in [-0.2, 0) is 0 Å². The second-order valence-electron chi connectivity index (χ2n) is 5.33. The molecular formula is C18H11BrCl2N4O. The van der Waals surface area contributed by atoms with Gasteiger partial charge in [0.1, 0.15) is 6.04 Å². The predicted molar refractivity (Wildman–Crippen MR) is 104 cm³/mol. The summed E-state index contributed by atoms with van der Waals surface area (Å²) in [5.41, 5.74) is 1.57. The van der Waals surface area contributed by atoms with Crippen LogP contribution in [0.3, 0.4) is 0 Å². The molecule has 0 aliphatic carbocycles. The van der Waals surface area contributed by atoms with Gasteiger partial charge < -0.3 is 5.32 Å². The molecule has 8 heteroatoms. The van der Waals surface area contributed by atoms with Crippen LogP contribution in [0.4, 0.5) is 0 Å². The highest BCUT2D eigenvalue weighted by Crippen LogP contribution is 2.29. The molecule has 1 heterocycles. The Hall–Kier alpha value is -2.33. The van der Waals surface area contributed by atoms with Gasteiger partial charge >= 0.3 is 0 Å². The number of amides is 1. The van der Waals surface area contributed by atoms with E-state index in [1.54, 1.807) is 29.1 Å². The third-order valence-electron chi connectivity index (χ3n) is 3.63. The highest BCUT2D eigenvalue weighted by atomic mass is 79.9. The lowest BCUT2D eigenvalue weighted by molar-refractivity contribution is 0.0945. The molecule has 1 aromatic heterocycles. The Bertz CT molecular complexity index is 995. The Labute approximate surface area is 168 Å². The number of nitriles is 1. The van der Waals surface area contributed by atoms with Crippen molar-refractivity contribution in [1.29, 1.82) is 5.26 Å². The van der Waals surface area contributed by atoms with E-state index in [0.29, 0.717) is 16.1 Å². The molecule has 1 atom stereocenters. The van der Waals surface area contributed by atoms with E-state index in [-0.39, 0.29) is 5.02 Å². The molecule has 1 N–H and O–H groups in total. The topological polar surface area (TPSA) is 70.7 Å². The van der Waals surface area contributed by atoms with Crippen LogP contribution in [0.25, 0.3) is 5.69 Å². The molecule has 3 rings (SSSR count). The molecule has 2 aromatic carbocycles. The van der Waals surface area contributed by atoms with Crippen molar-refractivity contribution in [3.63, 3.8) is 0 Å². The van der Waals surface area contributed by atoms with Crippen molar-refractivity contribution >= 4 is 45.0 Å². The maximum Gasteiger partial charge on any atom is 0.255 e. The van der Waals surface area contributed by atoms with Gasteiger partial charge in [0.25, 0.3) is 5.91 Å². The summed E-state index contributed by atoms with van der Waals surface area (Å²) in [7, 11) is 0. The first kappa shape index (κ1) is 18.5. The van der Waals surface area contributed by atoms with Gasteiger partial charge in [-0.3, -0.25) is 4.79 Å². The van der Waals surface area contributed by atoms with Crippen molar-refractivity contribution in [1.82, 2.24) is 15.1 Å². The second kappa shape index (κ2) is 7.92. The first-order valence-electron chi connectivity index (χ1n) is 7.44. The number of nitrogens with one attached hydrogen (secondary N) is 1. The van der Waals surface area contributed by atoms with Crippen LogP contribution in [0.5, 0.6) is 0 Å². The molecule has 0 fully saturated rings. The highest BCUT2D eigenvalue weighted by Gasteiger charge is 2.20. The van der Waals surface area contributed by atoms with Crippen LogP contribution < -0.4 is 5.32 Å². The first-order chi connectivity index (χ1) is 12.5. The van der Waals surface area contributed by atoms with E-state index >= 15 is 0 Å². The molecule has 0 radical (unpaired) electrons. The number of hydrogen-bond donors (Lipinski definition) is 1. The zero-order valence-electron chi connectivity index (χ0n) is 13.2. The highest BCUT2D eigenvalue weighted by molar-refractivity contribution is 9.10. The van der Waals surface area contributed by atoms with Crippen LogP contribution in [0, 0.1) is 11.3 Å². The Morgan fingerprint density at radius 2 is 1.96 bits per heavy atom. The molecule has 0 saturated carbocycles. The number of benzene rings is 2. The van der Waals surface area contributed by atoms with Gasteiger partial charge in [-0.05, 0) is 30.3 Å². The van der Waals surface area contributed by atoms with Crippen molar-refractivity contribution in [3.8, 4) is 11.8 Å². The monoisotopic (exact) mass is 448 g/mol. The third kappa shape index (κ3) is 3.91. The van der Waals surface area contributed by atoms with Gasteiger partial charge in [0.15, 0.2) is 0 Å². The Morgan fingerprint density at radius 1 is 1.23 bits per heavy atom. The van der Waals surface area contributed by atoms with Crippen LogP contribution >= 0.6 is 39.1 Å². The van der Waals surface area contributed by atoms with Gasteiger partial charge in [0.05, 0.1) is 33.6 Å². The number of nitrogens with zero attached hydrogens (tertiary/aromatic N) is 3. The van der Waals surface area contributed by atoms with E-state index in [1.165, 1.54) is 6.20 Å². The maximum atomic E-state index is 12.5. The summed E-state index contributed by atoms with van der Waals surface area (Å²) in [6.45, 7) is 0. The molecule has 0 saturated heterocycles. The van der Waals surface area contributed by atoms with Crippen molar-refractivity contribution < 1.29 is 4.79 Å². The molecule has 1 unspecified atom stereocenters. The quantitative estimate of drug-likeness (QED) is 0.613. The summed E-state index contributed by atoms with van der Waals surface area (Å²) in [6.07, 6.45) is 3.03. The smallest absolute Gasteiger partial charge is 0.255 e. The lowest BCUT2D eigenvalue weighted by atomic mass is 10.1. The van der Waals surface area contributed by atoms with Gasteiger partial charge in [-0.25, -0.2) is 4.68 Å². The Morgan fingerprint density at radius 3 is 2.65 bits per heavy atom. The SMILES string of the molecule is N#CC(NC(=O)c1cnn(-c2ccc(Br)cc2)c1)c1cccc(Cl)c1Cl. The number of carbonyl (C=O) groups is 1. The predicted octanol–water partition coefficient (Wildman–Crippen LogP) is 4.94. The molecule has 26 heavy (non-hydrogen) atoms. The number of carbonyl (C=O) groups excluding carboxylic acids is 1. The fraction of sp³-hybridized carbons (Fsp3) is 0.0556. The van der Waals surface area contributed by atoms with Crippen LogP contribution in [0.1, 0.15) is 22.0 Å². The Kier molecular flexibility index (Phi) is 5.62. The molecule has 130 valence electrons. The fourth-order valence-corrected chi connectivity index (χ4v) is 2.99. The Balaban J connectivity index is 1.80. The van der Waals surface area contributed by atoms with E-state index < -0.39 is 11.9 Å². The zero-order chi connectivity index (χ0) is 18.7. The van der Waals surface area contributed by atoms with Gasteiger partial charge in [-0.15, -0.1) is 0 Å². The van der Waals surface area contributed by atoms with E-state index in [1.807, 2.05) is 30.3 Å². The van der Waals surface area contributed by atoms with E-state index in [0.717, 1.165) is 10.2 Å². The van der Waals surface area contributed by atoms with Gasteiger partial charge in [-0.1, -0.05) is 51.3 Å². The number of aromatic nitrogens is 2. The van der Waals surface area contributed by atoms with E-state index in [2.05, 4.69) is 26.3 Å². The minimum Gasteiger partial charge on any atom is -0.332 e. The summed E-state index contributed by atoms with van der Waals surface area (Å²) in [6, 6.07) is 13.5. The molecule has 0 aliphatic rings. The molecule has 0 bridgehead atoms. The molecule has 0 aliphatic heterocycles. The van der Waals surface area contributed by atoms with Gasteiger partial charge in [0, 0.05) is 16.2 Å². The lowest BCUT2D eigenvalue weighted by Crippen LogP contribution is -2.27. The summed E-state index contributed by atoms with van der Waals surface area (Å²) in [5.74, 6) is -0.434. The standard InChI is InChI=1S/C18H11BrCl2N4O/c19-12-4-6-13(7-5-12)25-10-11(9-23-25)18(26)24-16(8-22)14-2-1-3-15(20)17(14)21/h1-7,9-10,16H,(H,24,26). The van der Waals surface area contributed by atoms with Crippen LogP contribution in [0.15, 0.2) is 59.3 Å². The van der Waals surface area contributed by atoms with Crippen molar-refractivity contribution in [2.75, 3.05) is 0 Å². The number of hydrogen-bond acceptors (Lipinski definition) is 3. The minimum atomic E-state index is -0.926. The van der Waals surface area contributed by atoms with Crippen molar-refractivity contribution in [2.45, 2.75) is 6.04 Å². The molecular weight excluding hydrogens is 439 g/mol. The van der Waals surface area contributed by atoms with Crippen molar-refractivity contribution in [3.05, 3.63) is 80.5 Å².